The smallest absolute Gasteiger partial charge is 0.225 e. The number of aryl methyl sites for hydroxylation is 1. The van der Waals surface area contributed by atoms with Crippen molar-refractivity contribution in [2.24, 2.45) is 0 Å². The second-order valence-corrected chi connectivity index (χ2v) is 4.35. The zero-order valence-electron chi connectivity index (χ0n) is 11.1. The van der Waals surface area contributed by atoms with Gasteiger partial charge in [-0.25, -0.2) is 9.97 Å². The van der Waals surface area contributed by atoms with Gasteiger partial charge in [0.2, 0.25) is 5.95 Å². The lowest BCUT2D eigenvalue weighted by molar-refractivity contribution is 0.612. The van der Waals surface area contributed by atoms with E-state index in [2.05, 4.69) is 31.0 Å². The first-order valence-electron chi connectivity index (χ1n) is 6.64. The van der Waals surface area contributed by atoms with Gasteiger partial charge in [0, 0.05) is 25.3 Å². The highest BCUT2D eigenvalue weighted by Crippen LogP contribution is 2.19. The predicted molar refractivity (Wildman–Crippen MR) is 70.4 cm³/mol. The van der Waals surface area contributed by atoms with Crippen LogP contribution in [0.15, 0.2) is 0 Å². The van der Waals surface area contributed by atoms with Crippen LogP contribution < -0.4 is 10.2 Å². The molecule has 94 valence electrons. The normalized spacial score (nSPS) is 14.5. The number of hydrogen-bond donors (Lipinski definition) is 1. The highest BCUT2D eigenvalue weighted by molar-refractivity contribution is 5.38. The molecule has 0 aromatic carbocycles. The van der Waals surface area contributed by atoms with Crippen LogP contribution in [-0.2, 0) is 19.4 Å². The van der Waals surface area contributed by atoms with Crippen molar-refractivity contribution in [1.82, 2.24) is 15.3 Å². The van der Waals surface area contributed by atoms with Crippen molar-refractivity contribution in [2.75, 3.05) is 24.5 Å². The molecule has 0 amide bonds. The fourth-order valence-electron chi connectivity index (χ4n) is 2.36. The van der Waals surface area contributed by atoms with E-state index in [1.807, 2.05) is 0 Å². The SMILES string of the molecule is CCc1nc(N(CC)CC)nc2c1CCNC2. The molecule has 17 heavy (non-hydrogen) atoms. The molecule has 0 radical (unpaired) electrons. The second-order valence-electron chi connectivity index (χ2n) is 4.35. The molecule has 0 aliphatic carbocycles. The number of aromatic nitrogens is 2. The first-order valence-corrected chi connectivity index (χ1v) is 6.64. The van der Waals surface area contributed by atoms with E-state index < -0.39 is 0 Å². The topological polar surface area (TPSA) is 41.1 Å². The van der Waals surface area contributed by atoms with Gasteiger partial charge in [0.05, 0.1) is 5.69 Å². The maximum Gasteiger partial charge on any atom is 0.225 e. The lowest BCUT2D eigenvalue weighted by Gasteiger charge is -2.24. The Balaban J connectivity index is 2.42. The standard InChI is InChI=1S/C13H22N4/c1-4-11-10-7-8-14-9-12(10)16-13(15-11)17(5-2)6-3/h14H,4-9H2,1-3H3. The van der Waals surface area contributed by atoms with E-state index in [0.29, 0.717) is 0 Å². The van der Waals surface area contributed by atoms with E-state index in [-0.39, 0.29) is 0 Å². The van der Waals surface area contributed by atoms with E-state index in [0.717, 1.165) is 45.0 Å². The molecule has 0 saturated carbocycles. The molecule has 0 fully saturated rings. The van der Waals surface area contributed by atoms with Gasteiger partial charge in [-0.05, 0) is 38.8 Å². The van der Waals surface area contributed by atoms with Crippen LogP contribution in [0.3, 0.4) is 0 Å². The first kappa shape index (κ1) is 12.3. The molecule has 0 unspecified atom stereocenters. The van der Waals surface area contributed by atoms with Crippen molar-refractivity contribution in [1.29, 1.82) is 0 Å². The van der Waals surface area contributed by atoms with Crippen LogP contribution in [0, 0.1) is 0 Å². The Hall–Kier alpha value is -1.16. The Morgan fingerprint density at radius 1 is 1.18 bits per heavy atom. The third-order valence-electron chi connectivity index (χ3n) is 3.39. The van der Waals surface area contributed by atoms with Crippen LogP contribution in [-0.4, -0.2) is 29.6 Å². The molecule has 4 heteroatoms. The fraction of sp³-hybridized carbons (Fsp3) is 0.692. The zero-order valence-corrected chi connectivity index (χ0v) is 11.1. The Morgan fingerprint density at radius 2 is 1.94 bits per heavy atom. The summed E-state index contributed by atoms with van der Waals surface area (Å²) >= 11 is 0. The molecule has 2 heterocycles. The summed E-state index contributed by atoms with van der Waals surface area (Å²) < 4.78 is 0. The quantitative estimate of drug-likeness (QED) is 0.858. The first-order chi connectivity index (χ1) is 8.30. The van der Waals surface area contributed by atoms with Crippen LogP contribution in [0.2, 0.25) is 0 Å². The highest BCUT2D eigenvalue weighted by atomic mass is 15.2. The van der Waals surface area contributed by atoms with Crippen LogP contribution in [0.1, 0.15) is 37.7 Å². The van der Waals surface area contributed by atoms with Crippen molar-refractivity contribution < 1.29 is 0 Å². The summed E-state index contributed by atoms with van der Waals surface area (Å²) in [7, 11) is 0. The maximum absolute atomic E-state index is 4.73. The summed E-state index contributed by atoms with van der Waals surface area (Å²) in [6.07, 6.45) is 2.07. The van der Waals surface area contributed by atoms with Gasteiger partial charge in [-0.1, -0.05) is 6.92 Å². The molecule has 2 rings (SSSR count). The summed E-state index contributed by atoms with van der Waals surface area (Å²) in [5.74, 6) is 0.898. The Kier molecular flexibility index (Phi) is 3.94. The summed E-state index contributed by atoms with van der Waals surface area (Å²) in [6, 6.07) is 0. The summed E-state index contributed by atoms with van der Waals surface area (Å²) in [6.45, 7) is 10.3. The van der Waals surface area contributed by atoms with E-state index in [1.54, 1.807) is 0 Å². The third kappa shape index (κ3) is 2.41. The van der Waals surface area contributed by atoms with E-state index in [1.165, 1.54) is 17.0 Å². The molecule has 1 aromatic heterocycles. The maximum atomic E-state index is 4.73. The Morgan fingerprint density at radius 3 is 2.59 bits per heavy atom. The molecule has 4 nitrogen and oxygen atoms in total. The zero-order chi connectivity index (χ0) is 12.3. The van der Waals surface area contributed by atoms with Crippen molar-refractivity contribution in [2.45, 2.75) is 40.2 Å². The number of nitrogens with zero attached hydrogens (tertiary/aromatic N) is 3. The molecule has 0 spiro atoms. The van der Waals surface area contributed by atoms with Gasteiger partial charge in [-0.3, -0.25) is 0 Å². The third-order valence-corrected chi connectivity index (χ3v) is 3.39. The Bertz CT molecular complexity index is 368. The lowest BCUT2D eigenvalue weighted by atomic mass is 10.0. The van der Waals surface area contributed by atoms with Gasteiger partial charge >= 0.3 is 0 Å². The molecule has 0 saturated heterocycles. The van der Waals surface area contributed by atoms with Gasteiger partial charge < -0.3 is 10.2 Å². The minimum Gasteiger partial charge on any atom is -0.341 e. The van der Waals surface area contributed by atoms with Crippen molar-refractivity contribution in [3.63, 3.8) is 0 Å². The average Bonchev–Trinajstić information content (AvgIpc) is 2.39. The Labute approximate surface area is 103 Å². The summed E-state index contributed by atoms with van der Waals surface area (Å²) in [4.78, 5) is 11.7. The molecule has 1 aliphatic rings. The predicted octanol–water partition coefficient (Wildman–Crippen LogP) is 1.53. The second kappa shape index (κ2) is 5.45. The number of rotatable bonds is 4. The van der Waals surface area contributed by atoms with Gasteiger partial charge in [0.15, 0.2) is 0 Å². The number of anilines is 1. The van der Waals surface area contributed by atoms with E-state index >= 15 is 0 Å². The van der Waals surface area contributed by atoms with E-state index in [4.69, 9.17) is 9.97 Å². The largest absolute Gasteiger partial charge is 0.341 e. The van der Waals surface area contributed by atoms with Crippen molar-refractivity contribution in [3.8, 4) is 0 Å². The molecular formula is C13H22N4. The summed E-state index contributed by atoms with van der Waals surface area (Å²) in [5.41, 5.74) is 3.81. The number of fused-ring (bicyclic) bond motifs is 1. The van der Waals surface area contributed by atoms with Crippen molar-refractivity contribution in [3.05, 3.63) is 17.0 Å². The van der Waals surface area contributed by atoms with Gasteiger partial charge in [-0.2, -0.15) is 0 Å². The van der Waals surface area contributed by atoms with Crippen LogP contribution in [0.25, 0.3) is 0 Å². The minimum atomic E-state index is 0.888. The van der Waals surface area contributed by atoms with Gasteiger partial charge in [-0.15, -0.1) is 0 Å². The molecule has 1 aliphatic heterocycles. The summed E-state index contributed by atoms with van der Waals surface area (Å²) in [5, 5.41) is 3.39. The van der Waals surface area contributed by atoms with Crippen LogP contribution in [0.4, 0.5) is 5.95 Å². The molecule has 0 atom stereocenters. The van der Waals surface area contributed by atoms with E-state index in [9.17, 15) is 0 Å². The number of hydrogen-bond acceptors (Lipinski definition) is 4. The monoisotopic (exact) mass is 234 g/mol. The van der Waals surface area contributed by atoms with Crippen LogP contribution >= 0.6 is 0 Å². The molecular weight excluding hydrogens is 212 g/mol. The van der Waals surface area contributed by atoms with Crippen molar-refractivity contribution >= 4 is 5.95 Å². The lowest BCUT2D eigenvalue weighted by Crippen LogP contribution is -2.30. The molecule has 0 bridgehead atoms. The van der Waals surface area contributed by atoms with Gasteiger partial charge in [0.25, 0.3) is 0 Å². The number of nitrogens with one attached hydrogen (secondary N) is 1. The highest BCUT2D eigenvalue weighted by Gasteiger charge is 2.18. The van der Waals surface area contributed by atoms with Crippen LogP contribution in [0.5, 0.6) is 0 Å². The van der Waals surface area contributed by atoms with Gasteiger partial charge in [0.1, 0.15) is 0 Å². The fourth-order valence-corrected chi connectivity index (χ4v) is 2.36. The minimum absolute atomic E-state index is 0.888. The molecule has 1 aromatic rings. The average molecular weight is 234 g/mol. The molecule has 1 N–H and O–H groups in total.